The van der Waals surface area contributed by atoms with Gasteiger partial charge >= 0.3 is 6.03 Å². The number of hydrogen-bond donors (Lipinski definition) is 1. The number of nitrogens with zero attached hydrogens (tertiary/aromatic N) is 3. The number of benzene rings is 1. The van der Waals surface area contributed by atoms with Crippen LogP contribution in [-0.4, -0.2) is 53.0 Å². The minimum Gasteiger partial charge on any atom is -0.381 e. The van der Waals surface area contributed by atoms with E-state index in [-0.39, 0.29) is 11.9 Å². The summed E-state index contributed by atoms with van der Waals surface area (Å²) in [5, 5.41) is 2.99. The smallest absolute Gasteiger partial charge is 0.322 e. The number of carbonyl (C=O) groups is 2. The van der Waals surface area contributed by atoms with Crippen LogP contribution in [0.5, 0.6) is 0 Å². The van der Waals surface area contributed by atoms with E-state index < -0.39 is 0 Å². The molecule has 3 aliphatic rings. The molecule has 5 rings (SSSR count). The lowest BCUT2D eigenvalue weighted by Crippen LogP contribution is -2.35. The summed E-state index contributed by atoms with van der Waals surface area (Å²) >= 11 is 0. The number of nitrogens with one attached hydrogen (secondary N) is 1. The average molecular weight is 433 g/mol. The summed E-state index contributed by atoms with van der Waals surface area (Å²) in [6.07, 6.45) is 8.17. The molecule has 0 spiro atoms. The second-order valence-corrected chi connectivity index (χ2v) is 8.76. The first-order valence-corrected chi connectivity index (χ1v) is 11.3. The van der Waals surface area contributed by atoms with Crippen LogP contribution in [0.3, 0.4) is 0 Å². The highest BCUT2D eigenvalue weighted by atomic mass is 16.5. The van der Waals surface area contributed by atoms with Crippen molar-refractivity contribution in [3.63, 3.8) is 0 Å². The molecular formula is C25H28N4O3. The van der Waals surface area contributed by atoms with Gasteiger partial charge in [-0.3, -0.25) is 9.78 Å². The van der Waals surface area contributed by atoms with E-state index in [1.165, 1.54) is 5.57 Å². The van der Waals surface area contributed by atoms with Crippen molar-refractivity contribution in [1.82, 2.24) is 14.8 Å². The van der Waals surface area contributed by atoms with E-state index in [4.69, 9.17) is 4.74 Å². The second kappa shape index (κ2) is 9.12. The molecule has 1 unspecified atom stereocenters. The van der Waals surface area contributed by atoms with Gasteiger partial charge in [-0.15, -0.1) is 0 Å². The van der Waals surface area contributed by atoms with Crippen molar-refractivity contribution < 1.29 is 14.3 Å². The maximum Gasteiger partial charge on any atom is 0.322 e. The van der Waals surface area contributed by atoms with Gasteiger partial charge in [0, 0.05) is 63.9 Å². The van der Waals surface area contributed by atoms with Crippen LogP contribution in [0.15, 0.2) is 48.8 Å². The third-order valence-corrected chi connectivity index (χ3v) is 6.57. The van der Waals surface area contributed by atoms with Gasteiger partial charge in [0.05, 0.1) is 0 Å². The van der Waals surface area contributed by atoms with Gasteiger partial charge in [0.2, 0.25) is 5.91 Å². The molecule has 32 heavy (non-hydrogen) atoms. The van der Waals surface area contributed by atoms with E-state index in [0.29, 0.717) is 38.6 Å². The lowest BCUT2D eigenvalue weighted by molar-refractivity contribution is -0.131. The fraction of sp³-hybridized carbons (Fsp3) is 0.400. The lowest BCUT2D eigenvalue weighted by Gasteiger charge is -2.27. The first-order chi connectivity index (χ1) is 15.7. The van der Waals surface area contributed by atoms with Gasteiger partial charge in [-0.05, 0) is 59.2 Å². The zero-order chi connectivity index (χ0) is 21.9. The summed E-state index contributed by atoms with van der Waals surface area (Å²) in [5.41, 5.74) is 5.42. The lowest BCUT2D eigenvalue weighted by atomic mass is 9.98. The van der Waals surface area contributed by atoms with E-state index in [9.17, 15) is 9.59 Å². The van der Waals surface area contributed by atoms with Crippen LogP contribution in [0.1, 0.15) is 36.0 Å². The zero-order valence-electron chi connectivity index (χ0n) is 18.1. The van der Waals surface area contributed by atoms with Gasteiger partial charge in [-0.2, -0.15) is 0 Å². The van der Waals surface area contributed by atoms with Gasteiger partial charge in [0.15, 0.2) is 0 Å². The highest BCUT2D eigenvalue weighted by Gasteiger charge is 2.25. The van der Waals surface area contributed by atoms with E-state index in [2.05, 4.69) is 16.4 Å². The van der Waals surface area contributed by atoms with Gasteiger partial charge in [0.1, 0.15) is 0 Å². The maximum atomic E-state index is 12.6. The number of amides is 3. The number of hydrogen-bond acceptors (Lipinski definition) is 4. The molecule has 3 amide bonds. The van der Waals surface area contributed by atoms with Crippen molar-refractivity contribution in [2.24, 2.45) is 5.92 Å². The molecule has 1 aromatic carbocycles. The van der Waals surface area contributed by atoms with Crippen LogP contribution in [-0.2, 0) is 22.6 Å². The quantitative estimate of drug-likeness (QED) is 0.800. The van der Waals surface area contributed by atoms with Crippen LogP contribution in [0.2, 0.25) is 0 Å². The molecule has 0 radical (unpaired) electrons. The van der Waals surface area contributed by atoms with Gasteiger partial charge in [-0.1, -0.05) is 18.2 Å². The maximum absolute atomic E-state index is 12.6. The molecule has 0 saturated carbocycles. The van der Waals surface area contributed by atoms with Crippen LogP contribution in [0.4, 0.5) is 10.5 Å². The molecule has 166 valence electrons. The summed E-state index contributed by atoms with van der Waals surface area (Å²) in [7, 11) is 0. The molecule has 0 aliphatic carbocycles. The van der Waals surface area contributed by atoms with E-state index >= 15 is 0 Å². The fourth-order valence-corrected chi connectivity index (χ4v) is 4.61. The van der Waals surface area contributed by atoms with Crippen molar-refractivity contribution in [3.05, 3.63) is 65.5 Å². The number of carbonyl (C=O) groups excluding carboxylic acids is 2. The molecule has 7 nitrogen and oxygen atoms in total. The number of pyridine rings is 1. The SMILES string of the molecule is O=C(CC1CCOC1)N1CC=C(c2ccc(NC(=O)N3Cc4ccncc4C3)cc2)CC1. The largest absolute Gasteiger partial charge is 0.381 e. The normalized spacial score (nSPS) is 20.1. The zero-order valence-corrected chi connectivity index (χ0v) is 18.1. The number of rotatable bonds is 4. The summed E-state index contributed by atoms with van der Waals surface area (Å²) in [6, 6.07) is 9.82. The van der Waals surface area contributed by atoms with Crippen molar-refractivity contribution in [3.8, 4) is 0 Å². The molecule has 1 N–H and O–H groups in total. The molecule has 0 bridgehead atoms. The second-order valence-electron chi connectivity index (χ2n) is 8.76. The Kier molecular flexibility index (Phi) is 5.90. The van der Waals surface area contributed by atoms with Crippen molar-refractivity contribution in [1.29, 1.82) is 0 Å². The van der Waals surface area contributed by atoms with Crippen LogP contribution >= 0.6 is 0 Å². The number of ether oxygens (including phenoxy) is 1. The van der Waals surface area contributed by atoms with Crippen LogP contribution in [0.25, 0.3) is 5.57 Å². The summed E-state index contributed by atoms with van der Waals surface area (Å²) < 4.78 is 5.38. The first-order valence-electron chi connectivity index (χ1n) is 11.3. The highest BCUT2D eigenvalue weighted by molar-refractivity contribution is 5.90. The Morgan fingerprint density at radius 3 is 2.66 bits per heavy atom. The predicted octanol–water partition coefficient (Wildman–Crippen LogP) is 3.67. The Morgan fingerprint density at radius 2 is 1.94 bits per heavy atom. The molecule has 1 saturated heterocycles. The van der Waals surface area contributed by atoms with Gasteiger partial charge in [-0.25, -0.2) is 4.79 Å². The van der Waals surface area contributed by atoms with Crippen LogP contribution in [0, 0.1) is 5.92 Å². The molecule has 1 atom stereocenters. The minimum absolute atomic E-state index is 0.104. The van der Waals surface area contributed by atoms with Gasteiger partial charge in [0.25, 0.3) is 0 Å². The molecule has 7 heteroatoms. The Hall–Kier alpha value is -3.19. The number of fused-ring (bicyclic) bond motifs is 1. The first kappa shape index (κ1) is 20.7. The topological polar surface area (TPSA) is 74.8 Å². The molecule has 1 fully saturated rings. The molecular weight excluding hydrogens is 404 g/mol. The fourth-order valence-electron chi connectivity index (χ4n) is 4.61. The Morgan fingerprint density at radius 1 is 1.09 bits per heavy atom. The standard InChI is InChI=1S/C25H28N4O3/c30-24(13-18-8-12-32-17-18)28-10-6-20(7-11-28)19-1-3-23(4-2-19)27-25(31)29-15-21-5-9-26-14-22(21)16-29/h1-6,9,14,18H,7-8,10-13,15-17H2,(H,27,31). The highest BCUT2D eigenvalue weighted by Crippen LogP contribution is 2.26. The van der Waals surface area contributed by atoms with Crippen molar-refractivity contribution >= 4 is 23.2 Å². The average Bonchev–Trinajstić information content (AvgIpc) is 3.49. The van der Waals surface area contributed by atoms with E-state index in [0.717, 1.165) is 48.4 Å². The number of urea groups is 1. The van der Waals surface area contributed by atoms with Gasteiger partial charge < -0.3 is 19.9 Å². The minimum atomic E-state index is -0.104. The monoisotopic (exact) mass is 432 g/mol. The Bertz CT molecular complexity index is 1000. The summed E-state index contributed by atoms with van der Waals surface area (Å²) in [6.45, 7) is 4.10. The molecule has 1 aromatic heterocycles. The van der Waals surface area contributed by atoms with E-state index in [1.807, 2.05) is 41.4 Å². The van der Waals surface area contributed by atoms with E-state index in [1.54, 1.807) is 11.1 Å². The van der Waals surface area contributed by atoms with Crippen molar-refractivity contribution in [2.45, 2.75) is 32.4 Å². The molecule has 4 heterocycles. The summed E-state index contributed by atoms with van der Waals surface area (Å²) in [5.74, 6) is 0.607. The summed E-state index contributed by atoms with van der Waals surface area (Å²) in [4.78, 5) is 33.0. The van der Waals surface area contributed by atoms with Crippen LogP contribution < -0.4 is 5.32 Å². The number of anilines is 1. The third kappa shape index (κ3) is 4.53. The number of aromatic nitrogens is 1. The third-order valence-electron chi connectivity index (χ3n) is 6.57. The Balaban J connectivity index is 1.14. The molecule has 2 aromatic rings. The van der Waals surface area contributed by atoms with Crippen molar-refractivity contribution in [2.75, 3.05) is 31.6 Å². The predicted molar refractivity (Wildman–Crippen MR) is 122 cm³/mol. The Labute approximate surface area is 188 Å². The molecule has 3 aliphatic heterocycles.